The maximum Gasteiger partial charge on any atom is 0.248 e. The predicted octanol–water partition coefficient (Wildman–Crippen LogP) is 3.44. The Morgan fingerprint density at radius 1 is 1.03 bits per heavy atom. The fraction of sp³-hybridized carbons (Fsp3) is 0.318. The standard InChI is InChI=1S/C22H28N2O6S/c1-6-15(2)24-31(26,27)18-10-8-17(9-11-18)23-21(25)12-7-16-13-19(28-3)22(30-5)20(14-16)29-4/h7-15,24H,6H2,1-5H3,(H,23,25). The highest BCUT2D eigenvalue weighted by atomic mass is 32.2. The summed E-state index contributed by atoms with van der Waals surface area (Å²) >= 11 is 0. The first-order chi connectivity index (χ1) is 14.7. The van der Waals surface area contributed by atoms with Gasteiger partial charge in [-0.05, 0) is 61.4 Å². The van der Waals surface area contributed by atoms with Crippen molar-refractivity contribution in [2.24, 2.45) is 0 Å². The number of carbonyl (C=O) groups is 1. The Kier molecular flexibility index (Phi) is 8.47. The normalized spacial score (nSPS) is 12.4. The van der Waals surface area contributed by atoms with Gasteiger partial charge < -0.3 is 19.5 Å². The molecule has 2 rings (SSSR count). The molecule has 0 heterocycles. The number of benzene rings is 2. The van der Waals surface area contributed by atoms with Crippen molar-refractivity contribution >= 4 is 27.7 Å². The van der Waals surface area contributed by atoms with Crippen molar-refractivity contribution in [3.8, 4) is 17.2 Å². The molecule has 0 fully saturated rings. The van der Waals surface area contributed by atoms with Gasteiger partial charge in [0.1, 0.15) is 0 Å². The number of sulfonamides is 1. The average molecular weight is 449 g/mol. The molecule has 0 aromatic heterocycles. The summed E-state index contributed by atoms with van der Waals surface area (Å²) in [5.74, 6) is 1.04. The minimum absolute atomic E-state index is 0.138. The van der Waals surface area contributed by atoms with Gasteiger partial charge in [-0.3, -0.25) is 4.79 Å². The van der Waals surface area contributed by atoms with E-state index in [1.54, 1.807) is 25.1 Å². The van der Waals surface area contributed by atoms with Crippen LogP contribution in [0.25, 0.3) is 6.08 Å². The summed E-state index contributed by atoms with van der Waals surface area (Å²) in [6, 6.07) is 9.24. The SMILES string of the molecule is CCC(C)NS(=O)(=O)c1ccc(NC(=O)C=Cc2cc(OC)c(OC)c(OC)c2)cc1. The molecule has 8 nitrogen and oxygen atoms in total. The second-order valence-electron chi connectivity index (χ2n) is 6.74. The van der Waals surface area contributed by atoms with E-state index in [4.69, 9.17) is 14.2 Å². The molecule has 0 saturated carbocycles. The van der Waals surface area contributed by atoms with Crippen molar-refractivity contribution in [2.45, 2.75) is 31.2 Å². The number of ether oxygens (including phenoxy) is 3. The zero-order valence-electron chi connectivity index (χ0n) is 18.3. The van der Waals surface area contributed by atoms with Gasteiger partial charge in [-0.15, -0.1) is 0 Å². The van der Waals surface area contributed by atoms with Gasteiger partial charge in [0.05, 0.1) is 26.2 Å². The van der Waals surface area contributed by atoms with Crippen LogP contribution in [0.5, 0.6) is 17.2 Å². The van der Waals surface area contributed by atoms with Gasteiger partial charge in [-0.25, -0.2) is 13.1 Å². The smallest absolute Gasteiger partial charge is 0.248 e. The Morgan fingerprint density at radius 3 is 2.10 bits per heavy atom. The van der Waals surface area contributed by atoms with E-state index in [1.165, 1.54) is 51.7 Å². The molecule has 1 atom stereocenters. The van der Waals surface area contributed by atoms with Gasteiger partial charge in [0.2, 0.25) is 21.7 Å². The van der Waals surface area contributed by atoms with Crippen LogP contribution in [0, 0.1) is 0 Å². The van der Waals surface area contributed by atoms with Crippen molar-refractivity contribution < 1.29 is 27.4 Å². The second kappa shape index (κ2) is 10.8. The number of carbonyl (C=O) groups excluding carboxylic acids is 1. The number of nitrogens with one attached hydrogen (secondary N) is 2. The minimum atomic E-state index is -3.59. The molecule has 0 aliphatic heterocycles. The van der Waals surface area contributed by atoms with Crippen molar-refractivity contribution in [1.82, 2.24) is 4.72 Å². The molecule has 0 spiro atoms. The molecular formula is C22H28N2O6S. The van der Waals surface area contributed by atoms with Crippen LogP contribution in [0.2, 0.25) is 0 Å². The summed E-state index contributed by atoms with van der Waals surface area (Å²) < 4.78 is 43.1. The van der Waals surface area contributed by atoms with Crippen LogP contribution < -0.4 is 24.2 Å². The van der Waals surface area contributed by atoms with E-state index in [2.05, 4.69) is 10.0 Å². The first-order valence-corrected chi connectivity index (χ1v) is 11.1. The van der Waals surface area contributed by atoms with Crippen molar-refractivity contribution in [3.05, 3.63) is 48.0 Å². The molecule has 2 aromatic carbocycles. The number of anilines is 1. The van der Waals surface area contributed by atoms with Crippen LogP contribution in [0.3, 0.4) is 0 Å². The van der Waals surface area contributed by atoms with Crippen LogP contribution in [0.1, 0.15) is 25.8 Å². The third kappa shape index (κ3) is 6.47. The second-order valence-corrected chi connectivity index (χ2v) is 8.45. The van der Waals surface area contributed by atoms with Crippen molar-refractivity contribution in [3.63, 3.8) is 0 Å². The fourth-order valence-corrected chi connectivity index (χ4v) is 4.01. The molecule has 31 heavy (non-hydrogen) atoms. The van der Waals surface area contributed by atoms with E-state index >= 15 is 0 Å². The lowest BCUT2D eigenvalue weighted by Gasteiger charge is -2.13. The molecule has 0 radical (unpaired) electrons. The number of hydrogen-bond acceptors (Lipinski definition) is 6. The summed E-state index contributed by atoms with van der Waals surface area (Å²) in [4.78, 5) is 12.4. The monoisotopic (exact) mass is 448 g/mol. The maximum absolute atomic E-state index is 12.3. The van der Waals surface area contributed by atoms with E-state index in [1.807, 2.05) is 6.92 Å². The van der Waals surface area contributed by atoms with Crippen LogP contribution in [-0.2, 0) is 14.8 Å². The third-order valence-electron chi connectivity index (χ3n) is 4.52. The molecule has 0 aliphatic rings. The Balaban J connectivity index is 2.10. The summed E-state index contributed by atoms with van der Waals surface area (Å²) in [6.07, 6.45) is 3.65. The van der Waals surface area contributed by atoms with Gasteiger partial charge in [-0.2, -0.15) is 0 Å². The molecule has 2 aromatic rings. The number of methoxy groups -OCH3 is 3. The summed E-state index contributed by atoms with van der Waals surface area (Å²) in [5.41, 5.74) is 1.16. The lowest BCUT2D eigenvalue weighted by atomic mass is 10.1. The molecule has 0 bridgehead atoms. The Bertz CT molecular complexity index is 1010. The first-order valence-electron chi connectivity index (χ1n) is 9.65. The highest BCUT2D eigenvalue weighted by Gasteiger charge is 2.16. The van der Waals surface area contributed by atoms with Crippen molar-refractivity contribution in [2.75, 3.05) is 26.6 Å². The molecule has 2 N–H and O–H groups in total. The summed E-state index contributed by atoms with van der Waals surface area (Å²) in [6.45, 7) is 3.70. The maximum atomic E-state index is 12.3. The lowest BCUT2D eigenvalue weighted by Crippen LogP contribution is -2.31. The molecule has 0 aliphatic carbocycles. The van der Waals surface area contributed by atoms with Crippen LogP contribution in [0.15, 0.2) is 47.4 Å². The first kappa shape index (κ1) is 24.2. The van der Waals surface area contributed by atoms with Crippen LogP contribution >= 0.6 is 0 Å². The highest BCUT2D eigenvalue weighted by molar-refractivity contribution is 7.89. The van der Waals surface area contributed by atoms with E-state index < -0.39 is 10.0 Å². The molecule has 0 saturated heterocycles. The topological polar surface area (TPSA) is 103 Å². The zero-order chi connectivity index (χ0) is 23.0. The molecule has 9 heteroatoms. The van der Waals surface area contributed by atoms with Gasteiger partial charge in [0.15, 0.2) is 11.5 Å². The molecular weight excluding hydrogens is 420 g/mol. The predicted molar refractivity (Wildman–Crippen MR) is 120 cm³/mol. The lowest BCUT2D eigenvalue weighted by molar-refractivity contribution is -0.111. The van der Waals surface area contributed by atoms with E-state index in [0.29, 0.717) is 34.9 Å². The zero-order valence-corrected chi connectivity index (χ0v) is 19.1. The van der Waals surface area contributed by atoms with Crippen LogP contribution in [0.4, 0.5) is 5.69 Å². The minimum Gasteiger partial charge on any atom is -0.493 e. The van der Waals surface area contributed by atoms with E-state index in [-0.39, 0.29) is 16.8 Å². The third-order valence-corrected chi connectivity index (χ3v) is 6.12. The van der Waals surface area contributed by atoms with Gasteiger partial charge in [0, 0.05) is 17.8 Å². The number of hydrogen-bond donors (Lipinski definition) is 2. The highest BCUT2D eigenvalue weighted by Crippen LogP contribution is 2.38. The molecule has 1 amide bonds. The van der Waals surface area contributed by atoms with Gasteiger partial charge in [0.25, 0.3) is 0 Å². The van der Waals surface area contributed by atoms with E-state index in [9.17, 15) is 13.2 Å². The largest absolute Gasteiger partial charge is 0.493 e. The van der Waals surface area contributed by atoms with E-state index in [0.717, 1.165) is 0 Å². The number of rotatable bonds is 10. The Labute approximate surface area is 183 Å². The average Bonchev–Trinajstić information content (AvgIpc) is 2.76. The number of amides is 1. The summed E-state index contributed by atoms with van der Waals surface area (Å²) in [5, 5.41) is 2.69. The van der Waals surface area contributed by atoms with Crippen LogP contribution in [-0.4, -0.2) is 41.7 Å². The Morgan fingerprint density at radius 2 is 1.61 bits per heavy atom. The van der Waals surface area contributed by atoms with Gasteiger partial charge in [-0.1, -0.05) is 6.92 Å². The van der Waals surface area contributed by atoms with Crippen molar-refractivity contribution in [1.29, 1.82) is 0 Å². The summed E-state index contributed by atoms with van der Waals surface area (Å²) in [7, 11) is 0.949. The quantitative estimate of drug-likeness (QED) is 0.540. The fourth-order valence-electron chi connectivity index (χ4n) is 2.69. The van der Waals surface area contributed by atoms with Gasteiger partial charge >= 0.3 is 0 Å². The molecule has 168 valence electrons. The molecule has 1 unspecified atom stereocenters. The Hall–Kier alpha value is -3.04.